The molecule has 3 rings (SSSR count). The van der Waals surface area contributed by atoms with Crippen molar-refractivity contribution in [3.8, 4) is 0 Å². The van der Waals surface area contributed by atoms with Gasteiger partial charge in [0.25, 0.3) is 0 Å². The minimum Gasteiger partial charge on any atom is -0.361 e. The van der Waals surface area contributed by atoms with Crippen molar-refractivity contribution in [3.05, 3.63) is 60.3 Å². The van der Waals surface area contributed by atoms with Crippen LogP contribution < -0.4 is 16.0 Å². The van der Waals surface area contributed by atoms with Gasteiger partial charge in [-0.3, -0.25) is 9.59 Å². The Morgan fingerprint density at radius 1 is 0.926 bits per heavy atom. The Morgan fingerprint density at radius 2 is 1.63 bits per heavy atom. The van der Waals surface area contributed by atoms with E-state index < -0.39 is 0 Å². The molecule has 3 aromatic rings. The molecule has 4 N–H and O–H groups in total. The molecule has 0 aliphatic rings. The normalized spacial score (nSPS) is 10.7. The molecule has 1 heterocycles. The van der Waals surface area contributed by atoms with Crippen molar-refractivity contribution >= 4 is 34.1 Å². The predicted octanol–water partition coefficient (Wildman–Crippen LogP) is 3.29. The molecule has 6 heteroatoms. The molecule has 0 fully saturated rings. The first-order valence-corrected chi connectivity index (χ1v) is 9.05. The number of para-hydroxylation sites is 1. The third-order valence-electron chi connectivity index (χ3n) is 4.26. The van der Waals surface area contributed by atoms with Crippen LogP contribution in [-0.4, -0.2) is 29.9 Å². The highest BCUT2D eigenvalue weighted by atomic mass is 16.2. The maximum Gasteiger partial charge on any atom is 0.225 e. The number of hydrogen-bond donors (Lipinski definition) is 4. The van der Waals surface area contributed by atoms with Crippen LogP contribution in [0.15, 0.2) is 54.7 Å². The molecule has 0 saturated heterocycles. The SMILES string of the molecule is CC(=O)Nc1ccc(NC(=O)CCNCCc2c[nH]c3ccccc23)cc1. The van der Waals surface area contributed by atoms with E-state index in [1.807, 2.05) is 18.3 Å². The Hall–Kier alpha value is -3.12. The van der Waals surface area contributed by atoms with E-state index in [0.717, 1.165) is 18.5 Å². The van der Waals surface area contributed by atoms with Gasteiger partial charge in [-0.1, -0.05) is 18.2 Å². The molecule has 140 valence electrons. The Morgan fingerprint density at radius 3 is 2.37 bits per heavy atom. The number of fused-ring (bicyclic) bond motifs is 1. The number of amides is 2. The maximum absolute atomic E-state index is 12.0. The first kappa shape index (κ1) is 18.7. The van der Waals surface area contributed by atoms with Gasteiger partial charge in [0.05, 0.1) is 0 Å². The highest BCUT2D eigenvalue weighted by molar-refractivity contribution is 5.92. The number of aromatic amines is 1. The van der Waals surface area contributed by atoms with E-state index in [4.69, 9.17) is 0 Å². The number of nitrogens with one attached hydrogen (secondary N) is 4. The topological polar surface area (TPSA) is 86.0 Å². The van der Waals surface area contributed by atoms with Gasteiger partial charge in [-0.05, 0) is 48.9 Å². The number of benzene rings is 2. The zero-order chi connectivity index (χ0) is 19.1. The summed E-state index contributed by atoms with van der Waals surface area (Å²) in [5.41, 5.74) is 3.85. The van der Waals surface area contributed by atoms with E-state index in [2.05, 4.69) is 33.1 Å². The zero-order valence-electron chi connectivity index (χ0n) is 15.3. The molecule has 2 amide bonds. The second kappa shape index (κ2) is 9.00. The van der Waals surface area contributed by atoms with E-state index in [-0.39, 0.29) is 11.8 Å². The third kappa shape index (κ3) is 5.43. The number of aromatic nitrogens is 1. The van der Waals surface area contributed by atoms with Gasteiger partial charge in [0.1, 0.15) is 0 Å². The Balaban J connectivity index is 1.36. The van der Waals surface area contributed by atoms with Gasteiger partial charge in [0.15, 0.2) is 0 Å². The van der Waals surface area contributed by atoms with Crippen LogP contribution in [0, 0.1) is 0 Å². The first-order chi connectivity index (χ1) is 13.1. The fraction of sp³-hybridized carbons (Fsp3) is 0.238. The lowest BCUT2D eigenvalue weighted by molar-refractivity contribution is -0.116. The van der Waals surface area contributed by atoms with E-state index in [9.17, 15) is 9.59 Å². The first-order valence-electron chi connectivity index (χ1n) is 9.05. The quantitative estimate of drug-likeness (QED) is 0.463. The molecule has 0 radical (unpaired) electrons. The average molecular weight is 364 g/mol. The summed E-state index contributed by atoms with van der Waals surface area (Å²) < 4.78 is 0. The van der Waals surface area contributed by atoms with Crippen molar-refractivity contribution in [1.29, 1.82) is 0 Å². The van der Waals surface area contributed by atoms with Gasteiger partial charge in [-0.15, -0.1) is 0 Å². The number of anilines is 2. The molecule has 2 aromatic carbocycles. The van der Waals surface area contributed by atoms with Crippen molar-refractivity contribution in [2.75, 3.05) is 23.7 Å². The number of rotatable bonds is 8. The molecule has 0 bridgehead atoms. The summed E-state index contributed by atoms with van der Waals surface area (Å²) in [4.78, 5) is 26.3. The summed E-state index contributed by atoms with van der Waals surface area (Å²) >= 11 is 0. The van der Waals surface area contributed by atoms with Crippen LogP contribution in [-0.2, 0) is 16.0 Å². The minimum atomic E-state index is -0.120. The monoisotopic (exact) mass is 364 g/mol. The standard InChI is InChI=1S/C21H24N4O2/c1-15(26)24-17-6-8-18(9-7-17)25-21(27)11-13-22-12-10-16-14-23-20-5-3-2-4-19(16)20/h2-9,14,22-23H,10-13H2,1H3,(H,24,26)(H,25,27). The van der Waals surface area contributed by atoms with Crippen molar-refractivity contribution in [1.82, 2.24) is 10.3 Å². The van der Waals surface area contributed by atoms with Gasteiger partial charge in [0, 0.05) is 48.4 Å². The van der Waals surface area contributed by atoms with Crippen molar-refractivity contribution < 1.29 is 9.59 Å². The zero-order valence-corrected chi connectivity index (χ0v) is 15.3. The molecule has 0 aliphatic heterocycles. The number of carbonyl (C=O) groups excluding carboxylic acids is 2. The molecular formula is C21H24N4O2. The molecule has 0 atom stereocenters. The fourth-order valence-corrected chi connectivity index (χ4v) is 2.95. The second-order valence-electron chi connectivity index (χ2n) is 6.42. The number of carbonyl (C=O) groups is 2. The lowest BCUT2D eigenvalue weighted by Crippen LogP contribution is -2.23. The Bertz CT molecular complexity index is 915. The summed E-state index contributed by atoms with van der Waals surface area (Å²) in [7, 11) is 0. The van der Waals surface area contributed by atoms with Crippen LogP contribution in [0.3, 0.4) is 0 Å². The second-order valence-corrected chi connectivity index (χ2v) is 6.42. The highest BCUT2D eigenvalue weighted by Crippen LogP contribution is 2.17. The molecule has 0 saturated carbocycles. The molecule has 0 spiro atoms. The van der Waals surface area contributed by atoms with Crippen LogP contribution in [0.5, 0.6) is 0 Å². The van der Waals surface area contributed by atoms with Crippen LogP contribution >= 0.6 is 0 Å². The smallest absolute Gasteiger partial charge is 0.225 e. The Labute approximate surface area is 158 Å². The van der Waals surface area contributed by atoms with Crippen LogP contribution in [0.4, 0.5) is 11.4 Å². The molecular weight excluding hydrogens is 340 g/mol. The lowest BCUT2D eigenvalue weighted by Gasteiger charge is -2.08. The van der Waals surface area contributed by atoms with E-state index in [1.54, 1.807) is 24.3 Å². The van der Waals surface area contributed by atoms with Crippen molar-refractivity contribution in [2.24, 2.45) is 0 Å². The summed E-state index contributed by atoms with van der Waals surface area (Å²) in [5.74, 6) is -0.160. The fourth-order valence-electron chi connectivity index (χ4n) is 2.95. The summed E-state index contributed by atoms with van der Waals surface area (Å²) in [6.45, 7) is 2.90. The van der Waals surface area contributed by atoms with Gasteiger partial charge in [-0.2, -0.15) is 0 Å². The van der Waals surface area contributed by atoms with Crippen molar-refractivity contribution in [3.63, 3.8) is 0 Å². The molecule has 6 nitrogen and oxygen atoms in total. The van der Waals surface area contributed by atoms with Crippen molar-refractivity contribution in [2.45, 2.75) is 19.8 Å². The van der Waals surface area contributed by atoms with E-state index in [1.165, 1.54) is 17.9 Å². The van der Waals surface area contributed by atoms with Gasteiger partial charge >= 0.3 is 0 Å². The largest absolute Gasteiger partial charge is 0.361 e. The summed E-state index contributed by atoms with van der Waals surface area (Å²) in [5, 5.41) is 10.1. The molecule has 0 aliphatic carbocycles. The number of hydrogen-bond acceptors (Lipinski definition) is 3. The summed E-state index contributed by atoms with van der Waals surface area (Å²) in [6, 6.07) is 15.3. The van der Waals surface area contributed by atoms with E-state index in [0.29, 0.717) is 24.3 Å². The van der Waals surface area contributed by atoms with Crippen LogP contribution in [0.1, 0.15) is 18.9 Å². The molecule has 1 aromatic heterocycles. The molecule has 27 heavy (non-hydrogen) atoms. The maximum atomic E-state index is 12.0. The lowest BCUT2D eigenvalue weighted by atomic mass is 10.1. The van der Waals surface area contributed by atoms with Gasteiger partial charge < -0.3 is 20.9 Å². The minimum absolute atomic E-state index is 0.0399. The van der Waals surface area contributed by atoms with E-state index >= 15 is 0 Å². The predicted molar refractivity (Wildman–Crippen MR) is 109 cm³/mol. The highest BCUT2D eigenvalue weighted by Gasteiger charge is 2.04. The summed E-state index contributed by atoms with van der Waals surface area (Å²) in [6.07, 6.45) is 3.36. The van der Waals surface area contributed by atoms with Crippen LogP contribution in [0.25, 0.3) is 10.9 Å². The van der Waals surface area contributed by atoms with Gasteiger partial charge in [0.2, 0.25) is 11.8 Å². The Kier molecular flexibility index (Phi) is 6.22. The van der Waals surface area contributed by atoms with Crippen LogP contribution in [0.2, 0.25) is 0 Å². The molecule has 0 unspecified atom stereocenters. The number of H-pyrrole nitrogens is 1. The average Bonchev–Trinajstić information content (AvgIpc) is 3.06. The van der Waals surface area contributed by atoms with Gasteiger partial charge in [-0.25, -0.2) is 0 Å². The third-order valence-corrected chi connectivity index (χ3v) is 4.26.